The minimum Gasteiger partial charge on any atom is -0.459 e. The van der Waals surface area contributed by atoms with E-state index in [-0.39, 0.29) is 24.2 Å². The van der Waals surface area contributed by atoms with Gasteiger partial charge in [-0.1, -0.05) is 0 Å². The van der Waals surface area contributed by atoms with Crippen LogP contribution in [0.2, 0.25) is 0 Å². The molecule has 2 amide bonds. The maximum Gasteiger partial charge on any atom is 0.228 e. The van der Waals surface area contributed by atoms with Crippen LogP contribution in [0.3, 0.4) is 0 Å². The van der Waals surface area contributed by atoms with Gasteiger partial charge in [-0.05, 0) is 31.9 Å². The van der Waals surface area contributed by atoms with E-state index in [0.717, 1.165) is 35.1 Å². The van der Waals surface area contributed by atoms with E-state index in [1.807, 2.05) is 24.4 Å². The first-order valence-electron chi connectivity index (χ1n) is 8.83. The number of carbonyl (C=O) groups excluding carboxylic acids is 2. The van der Waals surface area contributed by atoms with Gasteiger partial charge >= 0.3 is 0 Å². The molecule has 3 rings (SSSR count). The first-order chi connectivity index (χ1) is 12.6. The number of carbonyl (C=O) groups is 2. The quantitative estimate of drug-likeness (QED) is 0.797. The summed E-state index contributed by atoms with van der Waals surface area (Å²) in [6.45, 7) is 3.93. The lowest BCUT2D eigenvalue weighted by atomic mass is 9.96. The predicted molar refractivity (Wildman–Crippen MR) is 99.6 cm³/mol. The van der Waals surface area contributed by atoms with Crippen LogP contribution < -0.4 is 11.1 Å². The normalized spacial score (nSPS) is 17.3. The summed E-state index contributed by atoms with van der Waals surface area (Å²) in [5.41, 5.74) is 6.16. The topological polar surface area (TPSA) is 101 Å². The van der Waals surface area contributed by atoms with Crippen LogP contribution in [0.5, 0.6) is 0 Å². The number of hydrogen-bond acceptors (Lipinski definition) is 6. The lowest BCUT2D eigenvalue weighted by Gasteiger charge is -2.32. The van der Waals surface area contributed by atoms with E-state index in [1.54, 1.807) is 4.90 Å². The third kappa shape index (κ3) is 4.50. The van der Waals surface area contributed by atoms with Gasteiger partial charge in [0, 0.05) is 31.6 Å². The second-order valence-corrected chi connectivity index (χ2v) is 7.35. The zero-order valence-corrected chi connectivity index (χ0v) is 15.7. The second-order valence-electron chi connectivity index (χ2n) is 6.49. The number of furan rings is 1. The number of rotatable bonds is 6. The van der Waals surface area contributed by atoms with E-state index < -0.39 is 0 Å². The van der Waals surface area contributed by atoms with E-state index in [9.17, 15) is 9.59 Å². The molecule has 7 nitrogen and oxygen atoms in total. The summed E-state index contributed by atoms with van der Waals surface area (Å²) < 4.78 is 5.58. The first kappa shape index (κ1) is 18.6. The molecule has 2 aromatic heterocycles. The van der Waals surface area contributed by atoms with Gasteiger partial charge in [0.15, 0.2) is 10.8 Å². The molecule has 1 atom stereocenters. The molecule has 1 aliphatic rings. The fourth-order valence-corrected chi connectivity index (χ4v) is 3.85. The van der Waals surface area contributed by atoms with Gasteiger partial charge in [-0.25, -0.2) is 4.98 Å². The molecule has 2 aromatic rings. The molecule has 1 unspecified atom stereocenters. The molecule has 26 heavy (non-hydrogen) atoms. The lowest BCUT2D eigenvalue weighted by Crippen LogP contribution is -2.46. The maximum absolute atomic E-state index is 12.6. The van der Waals surface area contributed by atoms with Crippen molar-refractivity contribution in [3.8, 4) is 10.8 Å². The Morgan fingerprint density at radius 2 is 2.31 bits per heavy atom. The number of aryl methyl sites for hydroxylation is 1. The number of amides is 2. The molecule has 1 fully saturated rings. The van der Waals surface area contributed by atoms with Crippen molar-refractivity contribution in [3.05, 3.63) is 29.0 Å². The highest BCUT2D eigenvalue weighted by molar-refractivity contribution is 7.13. The number of nitrogens with zero attached hydrogens (tertiary/aromatic N) is 2. The van der Waals surface area contributed by atoms with Crippen LogP contribution in [0.25, 0.3) is 10.8 Å². The minimum atomic E-state index is -0.156. The zero-order chi connectivity index (χ0) is 18.5. The average molecular weight is 376 g/mol. The Morgan fingerprint density at radius 3 is 3.04 bits per heavy atom. The van der Waals surface area contributed by atoms with E-state index >= 15 is 0 Å². The highest BCUT2D eigenvalue weighted by Gasteiger charge is 2.28. The minimum absolute atomic E-state index is 0.00815. The third-order valence-corrected chi connectivity index (χ3v) is 5.33. The molecule has 0 spiro atoms. The smallest absolute Gasteiger partial charge is 0.228 e. The number of likely N-dealkylation sites (tertiary alicyclic amines) is 1. The van der Waals surface area contributed by atoms with E-state index in [1.165, 1.54) is 11.3 Å². The summed E-state index contributed by atoms with van der Waals surface area (Å²) in [5, 5.41) is 5.48. The van der Waals surface area contributed by atoms with Crippen molar-refractivity contribution in [3.63, 3.8) is 0 Å². The summed E-state index contributed by atoms with van der Waals surface area (Å²) >= 11 is 1.47. The number of nitrogens with one attached hydrogen (secondary N) is 1. The standard InChI is InChI=1S/C18H24N4O3S/c1-12-4-5-15(25-12)18-21-14(11-26-18)9-16(23)22-8-2-3-13(10-22)17(24)20-7-6-19/h4-5,11,13H,2-3,6-10,19H2,1H3,(H,20,24). The Bertz CT molecular complexity index is 770. The average Bonchev–Trinajstić information content (AvgIpc) is 3.28. The fraction of sp³-hybridized carbons (Fsp3) is 0.500. The first-order valence-corrected chi connectivity index (χ1v) is 9.71. The summed E-state index contributed by atoms with van der Waals surface area (Å²) in [5.74, 6) is 1.39. The van der Waals surface area contributed by atoms with Gasteiger partial charge in [0.05, 0.1) is 18.0 Å². The molecule has 0 bridgehead atoms. The molecular weight excluding hydrogens is 352 g/mol. The molecule has 1 saturated heterocycles. The predicted octanol–water partition coefficient (Wildman–Crippen LogP) is 1.57. The van der Waals surface area contributed by atoms with Gasteiger partial charge in [0.2, 0.25) is 11.8 Å². The van der Waals surface area contributed by atoms with Crippen molar-refractivity contribution in [2.75, 3.05) is 26.2 Å². The second kappa shape index (κ2) is 8.46. The van der Waals surface area contributed by atoms with Crippen LogP contribution >= 0.6 is 11.3 Å². The summed E-state index contributed by atoms with van der Waals surface area (Å²) in [7, 11) is 0. The Balaban J connectivity index is 1.57. The molecule has 1 aliphatic heterocycles. The van der Waals surface area contributed by atoms with Gasteiger partial charge in [0.25, 0.3) is 0 Å². The summed E-state index contributed by atoms with van der Waals surface area (Å²) in [6, 6.07) is 3.78. The van der Waals surface area contributed by atoms with Crippen molar-refractivity contribution >= 4 is 23.2 Å². The molecule has 0 radical (unpaired) electrons. The molecule has 0 aromatic carbocycles. The van der Waals surface area contributed by atoms with Gasteiger partial charge in [-0.3, -0.25) is 9.59 Å². The lowest BCUT2D eigenvalue weighted by molar-refractivity contribution is -0.135. The molecule has 3 N–H and O–H groups in total. The van der Waals surface area contributed by atoms with Crippen molar-refractivity contribution in [1.82, 2.24) is 15.2 Å². The molecular formula is C18H24N4O3S. The van der Waals surface area contributed by atoms with Gasteiger partial charge in [-0.15, -0.1) is 11.3 Å². The van der Waals surface area contributed by atoms with Crippen LogP contribution in [0, 0.1) is 12.8 Å². The van der Waals surface area contributed by atoms with Crippen LogP contribution in [0.15, 0.2) is 21.9 Å². The van der Waals surface area contributed by atoms with Crippen LogP contribution in [0.1, 0.15) is 24.3 Å². The number of piperidine rings is 1. The maximum atomic E-state index is 12.6. The van der Waals surface area contributed by atoms with Crippen LogP contribution in [-0.2, 0) is 16.0 Å². The molecule has 8 heteroatoms. The van der Waals surface area contributed by atoms with Crippen LogP contribution in [0.4, 0.5) is 0 Å². The molecule has 0 aliphatic carbocycles. The van der Waals surface area contributed by atoms with Crippen LogP contribution in [-0.4, -0.2) is 47.9 Å². The summed E-state index contributed by atoms with van der Waals surface area (Å²) in [6.07, 6.45) is 1.88. The highest BCUT2D eigenvalue weighted by atomic mass is 32.1. The molecule has 140 valence electrons. The Morgan fingerprint density at radius 1 is 1.46 bits per heavy atom. The number of aromatic nitrogens is 1. The Labute approximate surface area is 156 Å². The van der Waals surface area contributed by atoms with Gasteiger partial charge in [-0.2, -0.15) is 0 Å². The summed E-state index contributed by atoms with van der Waals surface area (Å²) in [4.78, 5) is 31.0. The Kier molecular flexibility index (Phi) is 6.05. The van der Waals surface area contributed by atoms with E-state index in [4.69, 9.17) is 10.2 Å². The number of hydrogen-bond donors (Lipinski definition) is 2. The SMILES string of the molecule is Cc1ccc(-c2nc(CC(=O)N3CCCC(C(=O)NCCN)C3)cs2)o1. The number of nitrogens with two attached hydrogens (primary N) is 1. The molecule has 0 saturated carbocycles. The van der Waals surface area contributed by atoms with Crippen molar-refractivity contribution in [1.29, 1.82) is 0 Å². The van der Waals surface area contributed by atoms with Crippen molar-refractivity contribution in [2.45, 2.75) is 26.2 Å². The Hall–Kier alpha value is -2.19. The van der Waals surface area contributed by atoms with Gasteiger partial charge in [0.1, 0.15) is 5.76 Å². The third-order valence-electron chi connectivity index (χ3n) is 4.42. The van der Waals surface area contributed by atoms with Crippen molar-refractivity contribution in [2.24, 2.45) is 11.7 Å². The van der Waals surface area contributed by atoms with E-state index in [0.29, 0.717) is 26.2 Å². The van der Waals surface area contributed by atoms with E-state index in [2.05, 4.69) is 10.3 Å². The fourth-order valence-electron chi connectivity index (χ4n) is 3.07. The monoisotopic (exact) mass is 376 g/mol. The number of thiazole rings is 1. The van der Waals surface area contributed by atoms with Gasteiger partial charge < -0.3 is 20.4 Å². The largest absolute Gasteiger partial charge is 0.459 e. The molecule has 3 heterocycles. The zero-order valence-electron chi connectivity index (χ0n) is 14.9. The van der Waals surface area contributed by atoms with Crippen molar-refractivity contribution < 1.29 is 14.0 Å². The highest BCUT2D eigenvalue weighted by Crippen LogP contribution is 2.26.